The Morgan fingerprint density at radius 2 is 1.80 bits per heavy atom. The monoisotopic (exact) mass is 159 g/mol. The topological polar surface area (TPSA) is 37.4 Å². The minimum Gasteiger partial charge on any atom is -0.269 e. The summed E-state index contributed by atoms with van der Waals surface area (Å²) in [6.07, 6.45) is 2.42. The van der Waals surface area contributed by atoms with Crippen molar-refractivity contribution in [2.75, 3.05) is 0 Å². The zero-order chi connectivity index (χ0) is 7.72. The van der Waals surface area contributed by atoms with Gasteiger partial charge in [0.15, 0.2) is 0 Å². The van der Waals surface area contributed by atoms with Crippen LogP contribution in [0.4, 0.5) is 0 Å². The molecule has 0 fully saturated rings. The molecule has 0 aliphatic carbocycles. The summed E-state index contributed by atoms with van der Waals surface area (Å²) in [7, 11) is 0. The van der Waals surface area contributed by atoms with Crippen LogP contribution >= 0.6 is 11.6 Å². The molecular formula is C6H6ClNO2. The quantitative estimate of drug-likeness (QED) is 0.317. The van der Waals surface area contributed by atoms with E-state index in [0.717, 1.165) is 4.90 Å². The molecule has 2 amide bonds. The van der Waals surface area contributed by atoms with Crippen molar-refractivity contribution in [2.45, 2.75) is 12.4 Å². The van der Waals surface area contributed by atoms with E-state index in [2.05, 4.69) is 0 Å². The number of carbonyl (C=O) groups is 2. The van der Waals surface area contributed by atoms with Gasteiger partial charge in [0, 0.05) is 12.2 Å². The molecule has 10 heavy (non-hydrogen) atoms. The predicted molar refractivity (Wildman–Crippen MR) is 36.3 cm³/mol. The third-order valence-corrected chi connectivity index (χ3v) is 1.39. The van der Waals surface area contributed by atoms with E-state index < -0.39 is 5.50 Å². The van der Waals surface area contributed by atoms with Crippen molar-refractivity contribution in [1.82, 2.24) is 4.90 Å². The predicted octanol–water partition coefficient (Wildman–Crippen LogP) is 0.496. The summed E-state index contributed by atoms with van der Waals surface area (Å²) in [5.41, 5.74) is -0.560. The number of hydrogen-bond acceptors (Lipinski definition) is 2. The van der Waals surface area contributed by atoms with E-state index >= 15 is 0 Å². The number of amides is 2. The SMILES string of the molecule is CC(Cl)N1C(=O)C=CC1=O. The molecule has 54 valence electrons. The number of carbonyl (C=O) groups excluding carboxylic acids is 2. The second-order valence-corrected chi connectivity index (χ2v) is 2.59. The highest BCUT2D eigenvalue weighted by Gasteiger charge is 2.26. The molecule has 3 nitrogen and oxygen atoms in total. The summed E-state index contributed by atoms with van der Waals surface area (Å²) in [4.78, 5) is 22.5. The largest absolute Gasteiger partial charge is 0.269 e. The summed E-state index contributed by atoms with van der Waals surface area (Å²) < 4.78 is 0. The van der Waals surface area contributed by atoms with Gasteiger partial charge in [-0.3, -0.25) is 14.5 Å². The lowest BCUT2D eigenvalue weighted by molar-refractivity contribution is -0.137. The second-order valence-electron chi connectivity index (χ2n) is 1.95. The van der Waals surface area contributed by atoms with E-state index in [0.29, 0.717) is 0 Å². The second kappa shape index (κ2) is 2.42. The highest BCUT2D eigenvalue weighted by Crippen LogP contribution is 2.10. The standard InChI is InChI=1S/C6H6ClNO2/c1-4(7)8-5(9)2-3-6(8)10/h2-4H,1H3. The van der Waals surface area contributed by atoms with Gasteiger partial charge in [-0.2, -0.15) is 0 Å². The van der Waals surface area contributed by atoms with Gasteiger partial charge in [-0.15, -0.1) is 0 Å². The van der Waals surface area contributed by atoms with Gasteiger partial charge in [0.05, 0.1) is 0 Å². The molecule has 0 saturated carbocycles. The lowest BCUT2D eigenvalue weighted by Gasteiger charge is -2.15. The first kappa shape index (κ1) is 7.28. The lowest BCUT2D eigenvalue weighted by atomic mass is 10.5. The number of halogens is 1. The Kier molecular flexibility index (Phi) is 1.76. The van der Waals surface area contributed by atoms with Crippen LogP contribution in [0.2, 0.25) is 0 Å². The third kappa shape index (κ3) is 1.04. The van der Waals surface area contributed by atoms with E-state index in [1.54, 1.807) is 6.92 Å². The minimum atomic E-state index is -0.560. The molecular weight excluding hydrogens is 154 g/mol. The number of nitrogens with zero attached hydrogens (tertiary/aromatic N) is 1. The van der Waals surface area contributed by atoms with E-state index in [4.69, 9.17) is 11.6 Å². The van der Waals surface area contributed by atoms with E-state index in [1.807, 2.05) is 0 Å². The van der Waals surface area contributed by atoms with Crippen molar-refractivity contribution in [3.8, 4) is 0 Å². The Morgan fingerprint density at radius 1 is 1.40 bits per heavy atom. The molecule has 1 unspecified atom stereocenters. The lowest BCUT2D eigenvalue weighted by Crippen LogP contribution is -2.34. The van der Waals surface area contributed by atoms with Crippen LogP contribution in [0, 0.1) is 0 Å². The maximum atomic E-state index is 10.8. The summed E-state index contributed by atoms with van der Waals surface area (Å²) in [5.74, 6) is -0.681. The smallest absolute Gasteiger partial charge is 0.254 e. The maximum absolute atomic E-state index is 10.8. The fourth-order valence-corrected chi connectivity index (χ4v) is 0.955. The van der Waals surface area contributed by atoms with Crippen LogP contribution in [0.3, 0.4) is 0 Å². The van der Waals surface area contributed by atoms with E-state index in [1.165, 1.54) is 12.2 Å². The average Bonchev–Trinajstić information content (AvgIpc) is 2.11. The van der Waals surface area contributed by atoms with Gasteiger partial charge in [-0.05, 0) is 6.92 Å². The van der Waals surface area contributed by atoms with Crippen LogP contribution in [-0.2, 0) is 9.59 Å². The molecule has 1 aliphatic rings. The Labute approximate surface area is 63.3 Å². The normalized spacial score (nSPS) is 20.4. The van der Waals surface area contributed by atoms with Gasteiger partial charge in [-0.1, -0.05) is 11.6 Å². The Hall–Kier alpha value is -0.830. The van der Waals surface area contributed by atoms with Crippen molar-refractivity contribution in [1.29, 1.82) is 0 Å². The van der Waals surface area contributed by atoms with Crippen molar-refractivity contribution < 1.29 is 9.59 Å². The van der Waals surface area contributed by atoms with Gasteiger partial charge in [0.1, 0.15) is 5.50 Å². The highest BCUT2D eigenvalue weighted by molar-refractivity contribution is 6.25. The molecule has 0 N–H and O–H groups in total. The molecule has 0 aromatic rings. The number of rotatable bonds is 1. The number of hydrogen-bond donors (Lipinski definition) is 0. The molecule has 0 bridgehead atoms. The summed E-state index contributed by atoms with van der Waals surface area (Å²) in [6.45, 7) is 1.57. The molecule has 0 aromatic carbocycles. The first-order chi connectivity index (χ1) is 4.63. The molecule has 0 aromatic heterocycles. The van der Waals surface area contributed by atoms with Gasteiger partial charge in [-0.25, -0.2) is 0 Å². The van der Waals surface area contributed by atoms with Crippen molar-refractivity contribution in [3.63, 3.8) is 0 Å². The zero-order valence-corrected chi connectivity index (χ0v) is 6.13. The highest BCUT2D eigenvalue weighted by atomic mass is 35.5. The molecule has 4 heteroatoms. The van der Waals surface area contributed by atoms with Crippen molar-refractivity contribution in [2.24, 2.45) is 0 Å². The molecule has 0 saturated heterocycles. The molecule has 0 radical (unpaired) electrons. The van der Waals surface area contributed by atoms with Crippen LogP contribution in [0.1, 0.15) is 6.92 Å². The maximum Gasteiger partial charge on any atom is 0.254 e. The average molecular weight is 160 g/mol. The van der Waals surface area contributed by atoms with Crippen LogP contribution < -0.4 is 0 Å². The molecule has 1 atom stereocenters. The summed E-state index contributed by atoms with van der Waals surface area (Å²) in [5, 5.41) is 0. The van der Waals surface area contributed by atoms with Crippen molar-refractivity contribution >= 4 is 23.4 Å². The minimum absolute atomic E-state index is 0.340. The van der Waals surface area contributed by atoms with E-state index in [9.17, 15) is 9.59 Å². The van der Waals surface area contributed by atoms with Crippen molar-refractivity contribution in [3.05, 3.63) is 12.2 Å². The van der Waals surface area contributed by atoms with Gasteiger partial charge in [0.25, 0.3) is 11.8 Å². The van der Waals surface area contributed by atoms with E-state index in [-0.39, 0.29) is 11.8 Å². The van der Waals surface area contributed by atoms with Crippen LogP contribution in [0.5, 0.6) is 0 Å². The Balaban J connectivity index is 2.79. The molecule has 1 heterocycles. The van der Waals surface area contributed by atoms with Gasteiger partial charge >= 0.3 is 0 Å². The Morgan fingerprint density at radius 3 is 2.00 bits per heavy atom. The fourth-order valence-electron chi connectivity index (χ4n) is 0.762. The first-order valence-corrected chi connectivity index (χ1v) is 3.26. The first-order valence-electron chi connectivity index (χ1n) is 2.82. The summed E-state index contributed by atoms with van der Waals surface area (Å²) >= 11 is 5.52. The van der Waals surface area contributed by atoms with Crippen LogP contribution in [0.15, 0.2) is 12.2 Å². The fraction of sp³-hybridized carbons (Fsp3) is 0.333. The third-order valence-electron chi connectivity index (χ3n) is 1.20. The van der Waals surface area contributed by atoms with Gasteiger partial charge in [0.2, 0.25) is 0 Å². The Bertz CT molecular complexity index is 192. The van der Waals surface area contributed by atoms with Crippen LogP contribution in [0.25, 0.3) is 0 Å². The molecule has 1 rings (SSSR count). The summed E-state index contributed by atoms with van der Waals surface area (Å²) in [6, 6.07) is 0. The molecule has 1 aliphatic heterocycles. The van der Waals surface area contributed by atoms with Gasteiger partial charge < -0.3 is 0 Å². The number of imide groups is 1. The molecule has 0 spiro atoms. The zero-order valence-electron chi connectivity index (χ0n) is 5.37. The van der Waals surface area contributed by atoms with Crippen LogP contribution in [-0.4, -0.2) is 22.2 Å². The number of alkyl halides is 1.